The molecule has 0 saturated carbocycles. The maximum absolute atomic E-state index is 5.98. The summed E-state index contributed by atoms with van der Waals surface area (Å²) in [4.78, 5) is 7.86. The minimum atomic E-state index is 0.669. The molecule has 0 spiro atoms. The average molecular weight is 332 g/mol. The van der Waals surface area contributed by atoms with E-state index in [1.165, 1.54) is 0 Å². The molecule has 3 N–H and O–H groups in total. The Bertz CT molecular complexity index is 767. The quantitative estimate of drug-likeness (QED) is 0.722. The second-order valence-corrected chi connectivity index (χ2v) is 5.52. The van der Waals surface area contributed by atoms with Crippen LogP contribution < -0.4 is 10.5 Å². The maximum atomic E-state index is 5.98. The first kappa shape index (κ1) is 13.0. The molecule has 0 unspecified atom stereocenters. The summed E-state index contributed by atoms with van der Waals surface area (Å²) in [6.45, 7) is 0. The number of anilines is 1. The molecule has 0 atom stereocenters. The molecule has 0 aliphatic heterocycles. The van der Waals surface area contributed by atoms with E-state index in [4.69, 9.17) is 10.5 Å². The Kier molecular flexibility index (Phi) is 3.36. The van der Waals surface area contributed by atoms with Crippen LogP contribution in [0.25, 0.3) is 11.0 Å². The molecule has 1 aromatic heterocycles. The van der Waals surface area contributed by atoms with Gasteiger partial charge in [0.2, 0.25) is 0 Å². The van der Waals surface area contributed by atoms with Gasteiger partial charge in [0.25, 0.3) is 0 Å². The Labute approximate surface area is 125 Å². The lowest BCUT2D eigenvalue weighted by molar-refractivity contribution is 0.414. The largest absolute Gasteiger partial charge is 0.497 e. The second-order valence-electron chi connectivity index (χ2n) is 4.60. The van der Waals surface area contributed by atoms with E-state index in [-0.39, 0.29) is 0 Å². The van der Waals surface area contributed by atoms with E-state index in [1.807, 2.05) is 30.3 Å². The SMILES string of the molecule is COc1cccc(Cc2nc3c(N)cc(Br)cc3[nH]2)c1. The first-order valence-corrected chi connectivity index (χ1v) is 7.01. The lowest BCUT2D eigenvalue weighted by Crippen LogP contribution is -1.92. The summed E-state index contributed by atoms with van der Waals surface area (Å²) >= 11 is 3.43. The van der Waals surface area contributed by atoms with Crippen molar-refractivity contribution in [3.05, 3.63) is 52.3 Å². The van der Waals surface area contributed by atoms with Crippen LogP contribution in [0.15, 0.2) is 40.9 Å². The Morgan fingerprint density at radius 1 is 1.30 bits per heavy atom. The van der Waals surface area contributed by atoms with Crippen molar-refractivity contribution in [2.75, 3.05) is 12.8 Å². The highest BCUT2D eigenvalue weighted by Gasteiger charge is 2.08. The number of nitrogens with two attached hydrogens (primary N) is 1. The van der Waals surface area contributed by atoms with Crippen molar-refractivity contribution in [1.29, 1.82) is 0 Å². The van der Waals surface area contributed by atoms with E-state index >= 15 is 0 Å². The number of rotatable bonds is 3. The van der Waals surface area contributed by atoms with Crippen molar-refractivity contribution in [2.24, 2.45) is 0 Å². The number of methoxy groups -OCH3 is 1. The molecule has 0 aliphatic rings. The van der Waals surface area contributed by atoms with E-state index in [0.717, 1.165) is 32.6 Å². The van der Waals surface area contributed by atoms with Gasteiger partial charge in [0.05, 0.1) is 18.3 Å². The van der Waals surface area contributed by atoms with Gasteiger partial charge in [0.15, 0.2) is 0 Å². The van der Waals surface area contributed by atoms with Crippen molar-refractivity contribution in [2.45, 2.75) is 6.42 Å². The van der Waals surface area contributed by atoms with Crippen LogP contribution in [0.3, 0.4) is 0 Å². The number of ether oxygens (including phenoxy) is 1. The van der Waals surface area contributed by atoms with E-state index in [1.54, 1.807) is 7.11 Å². The van der Waals surface area contributed by atoms with Gasteiger partial charge < -0.3 is 15.5 Å². The summed E-state index contributed by atoms with van der Waals surface area (Å²) in [5, 5.41) is 0. The molecule has 0 radical (unpaired) electrons. The zero-order chi connectivity index (χ0) is 14.1. The summed E-state index contributed by atoms with van der Waals surface area (Å²) in [5.41, 5.74) is 9.54. The molecule has 0 amide bonds. The molecule has 4 nitrogen and oxygen atoms in total. The first-order chi connectivity index (χ1) is 9.65. The van der Waals surface area contributed by atoms with Crippen LogP contribution in [0.2, 0.25) is 0 Å². The van der Waals surface area contributed by atoms with Crippen molar-refractivity contribution in [1.82, 2.24) is 9.97 Å². The zero-order valence-corrected chi connectivity index (χ0v) is 12.6. The van der Waals surface area contributed by atoms with Gasteiger partial charge in [-0.1, -0.05) is 28.1 Å². The molecule has 3 aromatic rings. The molecule has 0 bridgehead atoms. The normalized spacial score (nSPS) is 10.9. The number of nitrogens with zero attached hydrogens (tertiary/aromatic N) is 1. The number of benzene rings is 2. The number of imidazole rings is 1. The van der Waals surface area contributed by atoms with Crippen molar-refractivity contribution in [3.8, 4) is 5.75 Å². The predicted octanol–water partition coefficient (Wildman–Crippen LogP) is 3.51. The van der Waals surface area contributed by atoms with Crippen LogP contribution in [0.4, 0.5) is 5.69 Å². The van der Waals surface area contributed by atoms with E-state index in [2.05, 4.69) is 32.0 Å². The number of nitrogens with one attached hydrogen (secondary N) is 1. The smallest absolute Gasteiger partial charge is 0.119 e. The fraction of sp³-hybridized carbons (Fsp3) is 0.133. The molecular weight excluding hydrogens is 318 g/mol. The van der Waals surface area contributed by atoms with Gasteiger partial charge >= 0.3 is 0 Å². The third kappa shape index (κ3) is 2.49. The van der Waals surface area contributed by atoms with Gasteiger partial charge in [0, 0.05) is 10.9 Å². The number of halogens is 1. The Morgan fingerprint density at radius 3 is 2.95 bits per heavy atom. The zero-order valence-electron chi connectivity index (χ0n) is 11.0. The summed E-state index contributed by atoms with van der Waals surface area (Å²) in [7, 11) is 1.67. The standard InChI is InChI=1S/C15H14BrN3O/c1-20-11-4-2-3-9(5-11)6-14-18-13-8-10(16)7-12(17)15(13)19-14/h2-5,7-8H,6,17H2,1H3,(H,18,19). The van der Waals surface area contributed by atoms with Crippen molar-refractivity contribution >= 4 is 32.7 Å². The number of fused-ring (bicyclic) bond motifs is 1. The number of hydrogen-bond donors (Lipinski definition) is 2. The number of aromatic nitrogens is 2. The highest BCUT2D eigenvalue weighted by Crippen LogP contribution is 2.25. The van der Waals surface area contributed by atoms with Crippen LogP contribution in [0.5, 0.6) is 5.75 Å². The van der Waals surface area contributed by atoms with Crippen LogP contribution in [0, 0.1) is 0 Å². The van der Waals surface area contributed by atoms with Gasteiger partial charge in [-0.15, -0.1) is 0 Å². The molecule has 0 aliphatic carbocycles. The third-order valence-corrected chi connectivity index (χ3v) is 3.59. The Morgan fingerprint density at radius 2 is 2.15 bits per heavy atom. The van der Waals surface area contributed by atoms with Crippen molar-refractivity contribution < 1.29 is 4.74 Å². The lowest BCUT2D eigenvalue weighted by atomic mass is 10.1. The maximum Gasteiger partial charge on any atom is 0.119 e. The van der Waals surface area contributed by atoms with Crippen LogP contribution in [0.1, 0.15) is 11.4 Å². The van der Waals surface area contributed by atoms with E-state index in [9.17, 15) is 0 Å². The molecule has 5 heteroatoms. The summed E-state index contributed by atoms with van der Waals surface area (Å²) in [5.74, 6) is 1.74. The molecule has 2 aromatic carbocycles. The van der Waals surface area contributed by atoms with Gasteiger partial charge in [-0.3, -0.25) is 0 Å². The van der Waals surface area contributed by atoms with E-state index < -0.39 is 0 Å². The topological polar surface area (TPSA) is 63.9 Å². The Balaban J connectivity index is 1.96. The third-order valence-electron chi connectivity index (χ3n) is 3.14. The van der Waals surface area contributed by atoms with Crippen LogP contribution in [-0.4, -0.2) is 17.1 Å². The fourth-order valence-electron chi connectivity index (χ4n) is 2.22. The molecule has 3 rings (SSSR count). The highest BCUT2D eigenvalue weighted by atomic mass is 79.9. The van der Waals surface area contributed by atoms with Crippen molar-refractivity contribution in [3.63, 3.8) is 0 Å². The van der Waals surface area contributed by atoms with Gasteiger partial charge in [-0.25, -0.2) is 4.98 Å². The monoisotopic (exact) mass is 331 g/mol. The molecule has 0 fully saturated rings. The molecule has 102 valence electrons. The summed E-state index contributed by atoms with van der Waals surface area (Å²) in [6.07, 6.45) is 0.711. The summed E-state index contributed by atoms with van der Waals surface area (Å²) in [6, 6.07) is 11.8. The minimum Gasteiger partial charge on any atom is -0.497 e. The Hall–Kier alpha value is -2.01. The number of nitrogen functional groups attached to an aromatic ring is 1. The molecule has 1 heterocycles. The van der Waals surface area contributed by atoms with Gasteiger partial charge in [-0.2, -0.15) is 0 Å². The fourth-order valence-corrected chi connectivity index (χ4v) is 2.69. The highest BCUT2D eigenvalue weighted by molar-refractivity contribution is 9.10. The average Bonchev–Trinajstić information content (AvgIpc) is 2.81. The molecule has 0 saturated heterocycles. The lowest BCUT2D eigenvalue weighted by Gasteiger charge is -2.02. The van der Waals surface area contributed by atoms with Gasteiger partial charge in [-0.05, 0) is 29.8 Å². The minimum absolute atomic E-state index is 0.669. The van der Waals surface area contributed by atoms with Gasteiger partial charge in [0.1, 0.15) is 17.1 Å². The summed E-state index contributed by atoms with van der Waals surface area (Å²) < 4.78 is 6.17. The molecule has 20 heavy (non-hydrogen) atoms. The molecular formula is C15H14BrN3O. The number of H-pyrrole nitrogens is 1. The predicted molar refractivity (Wildman–Crippen MR) is 84.0 cm³/mol. The number of hydrogen-bond acceptors (Lipinski definition) is 3. The van der Waals surface area contributed by atoms with Crippen LogP contribution >= 0.6 is 15.9 Å². The first-order valence-electron chi connectivity index (χ1n) is 6.22. The number of aromatic amines is 1. The van der Waals surface area contributed by atoms with E-state index in [0.29, 0.717) is 12.1 Å². The second kappa shape index (κ2) is 5.17. The van der Waals surface area contributed by atoms with Crippen LogP contribution in [-0.2, 0) is 6.42 Å².